The predicted octanol–water partition coefficient (Wildman–Crippen LogP) is 2.09. The van der Waals surface area contributed by atoms with Gasteiger partial charge in [0.15, 0.2) is 5.69 Å². The molecule has 1 saturated carbocycles. The maximum atomic E-state index is 12.2. The van der Waals surface area contributed by atoms with Crippen molar-refractivity contribution in [3.05, 3.63) is 35.7 Å². The first-order chi connectivity index (χ1) is 12.6. The van der Waals surface area contributed by atoms with E-state index in [0.29, 0.717) is 29.2 Å². The summed E-state index contributed by atoms with van der Waals surface area (Å²) in [6.45, 7) is 1.81. The van der Waals surface area contributed by atoms with Gasteiger partial charge in [0, 0.05) is 23.9 Å². The zero-order valence-electron chi connectivity index (χ0n) is 14.7. The van der Waals surface area contributed by atoms with Crippen LogP contribution in [-0.2, 0) is 8.98 Å². The molecular weight excluding hydrogens is 354 g/mol. The molecule has 0 unspecified atom stereocenters. The van der Waals surface area contributed by atoms with E-state index in [-0.39, 0.29) is 17.9 Å². The monoisotopic (exact) mass is 375 g/mol. The van der Waals surface area contributed by atoms with Crippen molar-refractivity contribution in [3.63, 3.8) is 0 Å². The Labute approximate surface area is 155 Å². The fraction of sp³-hybridized carbons (Fsp3) is 0.412. The van der Waals surface area contributed by atoms with Crippen molar-refractivity contribution < 1.29 is 13.8 Å². The highest BCUT2D eigenvalue weighted by atomic mass is 32.2. The van der Waals surface area contributed by atoms with E-state index < -0.39 is 0 Å². The highest BCUT2D eigenvalue weighted by molar-refractivity contribution is 7.94. The van der Waals surface area contributed by atoms with Gasteiger partial charge in [-0.15, -0.1) is 5.10 Å². The number of hydrogen-bond acceptors (Lipinski definition) is 6. The van der Waals surface area contributed by atoms with Crippen LogP contribution in [0, 0.1) is 6.92 Å². The third kappa shape index (κ3) is 4.61. The van der Waals surface area contributed by atoms with Crippen LogP contribution in [0.15, 0.2) is 24.3 Å². The number of hydrogen-bond donors (Lipinski definition) is 2. The second-order valence-corrected chi connectivity index (χ2v) is 6.99. The number of rotatable bonds is 8. The largest absolute Gasteiger partial charge is 0.348 e. The number of carbonyl (C=O) groups is 2. The molecule has 26 heavy (non-hydrogen) atoms. The van der Waals surface area contributed by atoms with E-state index in [0.717, 1.165) is 18.5 Å². The summed E-state index contributed by atoms with van der Waals surface area (Å²) in [4.78, 5) is 24.0. The molecule has 138 valence electrons. The van der Waals surface area contributed by atoms with Crippen LogP contribution in [0.2, 0.25) is 0 Å². The number of carbonyl (C=O) groups excluding carboxylic acids is 2. The standard InChI is InChI=1S/C17H21N5O3S/c1-11-16(17(24)19-13-3-4-13)20-21-22(11)14-7-5-12(6-8-14)18-15(23)9-10-26-25-2/h5-8,13H,3-4,9-10H2,1-2H3,(H,18,23)(H,19,24). The fourth-order valence-electron chi connectivity index (χ4n) is 2.39. The van der Waals surface area contributed by atoms with Crippen molar-refractivity contribution in [1.82, 2.24) is 20.3 Å². The first-order valence-corrected chi connectivity index (χ1v) is 9.28. The molecule has 9 heteroatoms. The summed E-state index contributed by atoms with van der Waals surface area (Å²) in [5.41, 5.74) is 2.49. The summed E-state index contributed by atoms with van der Waals surface area (Å²) in [6.07, 6.45) is 2.43. The van der Waals surface area contributed by atoms with Crippen molar-refractivity contribution in [2.45, 2.75) is 32.2 Å². The highest BCUT2D eigenvalue weighted by Gasteiger charge is 2.26. The van der Waals surface area contributed by atoms with Crippen molar-refractivity contribution in [1.29, 1.82) is 0 Å². The Kier molecular flexibility index (Phi) is 5.89. The van der Waals surface area contributed by atoms with Gasteiger partial charge < -0.3 is 14.8 Å². The third-order valence-electron chi connectivity index (χ3n) is 3.95. The van der Waals surface area contributed by atoms with Gasteiger partial charge in [0.1, 0.15) is 0 Å². The molecule has 0 radical (unpaired) electrons. The van der Waals surface area contributed by atoms with Crippen molar-refractivity contribution >= 4 is 29.5 Å². The fourth-order valence-corrected chi connectivity index (χ4v) is 2.83. The van der Waals surface area contributed by atoms with Gasteiger partial charge in [-0.1, -0.05) is 5.21 Å². The molecule has 2 aromatic rings. The number of amides is 2. The average Bonchev–Trinajstić information content (AvgIpc) is 3.35. The molecule has 1 aliphatic carbocycles. The zero-order chi connectivity index (χ0) is 18.5. The Morgan fingerprint density at radius 1 is 1.31 bits per heavy atom. The maximum Gasteiger partial charge on any atom is 0.273 e. The number of aromatic nitrogens is 3. The van der Waals surface area contributed by atoms with Gasteiger partial charge >= 0.3 is 0 Å². The molecule has 2 N–H and O–H groups in total. The Morgan fingerprint density at radius 3 is 2.69 bits per heavy atom. The van der Waals surface area contributed by atoms with Gasteiger partial charge in [-0.05, 0) is 56.1 Å². The van der Waals surface area contributed by atoms with Crippen LogP contribution in [0.3, 0.4) is 0 Å². The second-order valence-electron chi connectivity index (χ2n) is 6.02. The molecule has 1 aromatic carbocycles. The molecule has 1 aliphatic rings. The van der Waals surface area contributed by atoms with Gasteiger partial charge in [-0.25, -0.2) is 4.68 Å². The second kappa shape index (κ2) is 8.33. The maximum absolute atomic E-state index is 12.2. The third-order valence-corrected chi connectivity index (χ3v) is 4.55. The van der Waals surface area contributed by atoms with E-state index >= 15 is 0 Å². The highest BCUT2D eigenvalue weighted by Crippen LogP contribution is 2.20. The minimum absolute atomic E-state index is 0.0710. The van der Waals surface area contributed by atoms with Crippen LogP contribution in [0.5, 0.6) is 0 Å². The SMILES string of the molecule is COSCCC(=O)Nc1ccc(-n2nnc(C(=O)NC3CC3)c2C)cc1. The van der Waals surface area contributed by atoms with Gasteiger partial charge in [0.25, 0.3) is 5.91 Å². The Morgan fingerprint density at radius 2 is 2.04 bits per heavy atom. The summed E-state index contributed by atoms with van der Waals surface area (Å²) in [5, 5.41) is 13.8. The molecule has 0 atom stereocenters. The number of nitrogens with zero attached hydrogens (tertiary/aromatic N) is 3. The Bertz CT molecular complexity index is 786. The molecule has 1 heterocycles. The number of anilines is 1. The van der Waals surface area contributed by atoms with Gasteiger partial charge in [-0.2, -0.15) is 0 Å². The van der Waals surface area contributed by atoms with Crippen LogP contribution in [0.4, 0.5) is 5.69 Å². The summed E-state index contributed by atoms with van der Waals surface area (Å²) in [7, 11) is 1.58. The molecule has 0 saturated heterocycles. The molecule has 8 nitrogen and oxygen atoms in total. The number of nitrogens with one attached hydrogen (secondary N) is 2. The first kappa shape index (κ1) is 18.4. The van der Waals surface area contributed by atoms with E-state index in [1.165, 1.54) is 12.0 Å². The molecular formula is C17H21N5O3S. The van der Waals surface area contributed by atoms with Crippen molar-refractivity contribution in [2.75, 3.05) is 18.2 Å². The minimum Gasteiger partial charge on any atom is -0.348 e. The van der Waals surface area contributed by atoms with Gasteiger partial charge in [-0.3, -0.25) is 9.59 Å². The topological polar surface area (TPSA) is 98.1 Å². The quantitative estimate of drug-likeness (QED) is 0.542. The molecule has 3 rings (SSSR count). The lowest BCUT2D eigenvalue weighted by atomic mass is 10.2. The van der Waals surface area contributed by atoms with E-state index in [1.54, 1.807) is 23.9 Å². The van der Waals surface area contributed by atoms with Crippen molar-refractivity contribution in [2.24, 2.45) is 0 Å². The molecule has 0 spiro atoms. The molecule has 1 fully saturated rings. The molecule has 0 aliphatic heterocycles. The summed E-state index contributed by atoms with van der Waals surface area (Å²) in [5.74, 6) is 0.344. The van der Waals surface area contributed by atoms with Crippen molar-refractivity contribution in [3.8, 4) is 5.69 Å². The Balaban J connectivity index is 1.64. The predicted molar refractivity (Wildman–Crippen MR) is 99.3 cm³/mol. The summed E-state index contributed by atoms with van der Waals surface area (Å²) < 4.78 is 6.47. The first-order valence-electron chi connectivity index (χ1n) is 8.37. The van der Waals surface area contributed by atoms with Gasteiger partial charge in [0.2, 0.25) is 5.91 Å². The molecule has 0 bridgehead atoms. The van der Waals surface area contributed by atoms with Crippen LogP contribution >= 0.6 is 12.0 Å². The van der Waals surface area contributed by atoms with Gasteiger partial charge in [0.05, 0.1) is 18.5 Å². The van der Waals surface area contributed by atoms with Crippen LogP contribution in [-0.4, -0.2) is 45.7 Å². The molecule has 2 amide bonds. The average molecular weight is 375 g/mol. The van der Waals surface area contributed by atoms with E-state index in [9.17, 15) is 9.59 Å². The zero-order valence-corrected chi connectivity index (χ0v) is 15.5. The van der Waals surface area contributed by atoms with Crippen LogP contribution < -0.4 is 10.6 Å². The normalized spacial score (nSPS) is 13.5. The van der Waals surface area contributed by atoms with Crippen LogP contribution in [0.25, 0.3) is 5.69 Å². The van der Waals surface area contributed by atoms with E-state index in [1.807, 2.05) is 19.1 Å². The minimum atomic E-state index is -0.186. The number of benzene rings is 1. The lowest BCUT2D eigenvalue weighted by molar-refractivity contribution is -0.115. The Hall–Kier alpha value is -2.39. The van der Waals surface area contributed by atoms with E-state index in [4.69, 9.17) is 4.18 Å². The lowest BCUT2D eigenvalue weighted by Gasteiger charge is -2.07. The summed E-state index contributed by atoms with van der Waals surface area (Å²) in [6, 6.07) is 7.51. The molecule has 1 aromatic heterocycles. The van der Waals surface area contributed by atoms with Crippen LogP contribution in [0.1, 0.15) is 35.4 Å². The lowest BCUT2D eigenvalue weighted by Crippen LogP contribution is -2.26. The summed E-state index contributed by atoms with van der Waals surface area (Å²) >= 11 is 1.25. The van der Waals surface area contributed by atoms with E-state index in [2.05, 4.69) is 20.9 Å². The smallest absolute Gasteiger partial charge is 0.273 e.